The predicted molar refractivity (Wildman–Crippen MR) is 120 cm³/mol. The Kier molecular flexibility index (Phi) is 22.7. The van der Waals surface area contributed by atoms with Crippen LogP contribution in [0.2, 0.25) is 0 Å². The van der Waals surface area contributed by atoms with Crippen molar-refractivity contribution >= 4 is 52.3 Å². The van der Waals surface area contributed by atoms with Crippen LogP contribution >= 0.6 is 40.3 Å². The molecule has 0 radical (unpaired) electrons. The molecule has 0 aliphatic heterocycles. The molecule has 0 aromatic heterocycles. The summed E-state index contributed by atoms with van der Waals surface area (Å²) in [5, 5.41) is 16.8. The molecule has 0 rings (SSSR count). The molecular weight excluding hydrogens is 456 g/mol. The average Bonchev–Trinajstić information content (AvgIpc) is 2.50. The minimum absolute atomic E-state index is 0.182. The van der Waals surface area contributed by atoms with Gasteiger partial charge in [0, 0.05) is 13.2 Å². The summed E-state index contributed by atoms with van der Waals surface area (Å²) >= 11 is 8.33. The van der Waals surface area contributed by atoms with Gasteiger partial charge in [-0.15, -0.1) is 0 Å². The highest BCUT2D eigenvalue weighted by Crippen LogP contribution is 2.10. The molecule has 0 atom stereocenters. The Morgan fingerprint density at radius 3 is 1.63 bits per heavy atom. The van der Waals surface area contributed by atoms with E-state index >= 15 is 0 Å². The van der Waals surface area contributed by atoms with Crippen LogP contribution in [0.4, 0.5) is 0 Å². The molecule has 0 aromatic rings. The lowest BCUT2D eigenvalue weighted by Crippen LogP contribution is -2.25. The van der Waals surface area contributed by atoms with E-state index in [2.05, 4.69) is 28.6 Å². The van der Waals surface area contributed by atoms with E-state index in [1.54, 1.807) is 0 Å². The Labute approximate surface area is 182 Å². The van der Waals surface area contributed by atoms with Gasteiger partial charge in [-0.2, -0.15) is 24.4 Å². The zero-order chi connectivity index (χ0) is 21.9. The third-order valence-electron chi connectivity index (χ3n) is 1.93. The summed E-state index contributed by atoms with van der Waals surface area (Å²) in [6, 6.07) is 0. The van der Waals surface area contributed by atoms with Crippen LogP contribution in [0.3, 0.4) is 0 Å². The number of alkyl halides is 1. The summed E-state index contributed by atoms with van der Waals surface area (Å²) in [5.74, 6) is 1.56. The van der Waals surface area contributed by atoms with E-state index in [1.165, 1.54) is 11.8 Å². The van der Waals surface area contributed by atoms with Crippen molar-refractivity contribution in [1.82, 2.24) is 0 Å². The molecular formula is C18H37BrO6S2. The molecule has 6 nitrogen and oxygen atoms in total. The van der Waals surface area contributed by atoms with Crippen molar-refractivity contribution in [3.63, 3.8) is 0 Å². The summed E-state index contributed by atoms with van der Waals surface area (Å²) in [6.07, 6.45) is 1.54. The number of thioether (sulfide) groups is 1. The van der Waals surface area contributed by atoms with Gasteiger partial charge in [-0.25, -0.2) is 0 Å². The molecule has 0 aromatic carbocycles. The maximum absolute atomic E-state index is 11.1. The van der Waals surface area contributed by atoms with Gasteiger partial charge < -0.3 is 19.7 Å². The summed E-state index contributed by atoms with van der Waals surface area (Å²) in [5.41, 5.74) is -0.751. The van der Waals surface area contributed by atoms with Crippen LogP contribution in [-0.4, -0.2) is 69.2 Å². The lowest BCUT2D eigenvalue weighted by atomic mass is 10.2. The quantitative estimate of drug-likeness (QED) is 0.206. The number of carbonyl (C=O) groups is 2. The Morgan fingerprint density at radius 2 is 1.37 bits per heavy atom. The topological polar surface area (TPSA) is 93.1 Å². The van der Waals surface area contributed by atoms with Crippen molar-refractivity contribution in [2.45, 2.75) is 65.6 Å². The molecule has 0 fully saturated rings. The molecule has 0 spiro atoms. The molecule has 27 heavy (non-hydrogen) atoms. The molecule has 0 aliphatic rings. The largest absolute Gasteiger partial charge is 0.459 e. The zero-order valence-corrected chi connectivity index (χ0v) is 20.7. The fourth-order valence-corrected chi connectivity index (χ4v) is 2.09. The Bertz CT molecular complexity index is 366. The minimum atomic E-state index is -0.394. The van der Waals surface area contributed by atoms with Crippen molar-refractivity contribution < 1.29 is 29.3 Å². The van der Waals surface area contributed by atoms with Gasteiger partial charge in [0.2, 0.25) is 0 Å². The van der Waals surface area contributed by atoms with E-state index in [-0.39, 0.29) is 36.1 Å². The summed E-state index contributed by atoms with van der Waals surface area (Å²) in [4.78, 5) is 21.7. The highest BCUT2D eigenvalue weighted by molar-refractivity contribution is 9.09. The average molecular weight is 494 g/mol. The number of aliphatic hydroxyl groups excluding tert-OH is 2. The minimum Gasteiger partial charge on any atom is -0.459 e. The van der Waals surface area contributed by atoms with E-state index in [4.69, 9.17) is 19.7 Å². The van der Waals surface area contributed by atoms with Gasteiger partial charge >= 0.3 is 11.9 Å². The van der Waals surface area contributed by atoms with Crippen LogP contribution in [0.25, 0.3) is 0 Å². The number of aliphatic hydroxyl groups is 2. The van der Waals surface area contributed by atoms with Crippen LogP contribution in [0.15, 0.2) is 0 Å². The first-order valence-electron chi connectivity index (χ1n) is 8.73. The van der Waals surface area contributed by atoms with Crippen LogP contribution < -0.4 is 0 Å². The lowest BCUT2D eigenvalue weighted by molar-refractivity contribution is -0.152. The fourth-order valence-electron chi connectivity index (χ4n) is 1.13. The molecule has 0 saturated heterocycles. The third kappa shape index (κ3) is 37.5. The van der Waals surface area contributed by atoms with E-state index in [0.717, 1.165) is 24.3 Å². The van der Waals surface area contributed by atoms with Crippen LogP contribution in [-0.2, 0) is 19.1 Å². The van der Waals surface area contributed by atoms with E-state index in [0.29, 0.717) is 5.75 Å². The zero-order valence-electron chi connectivity index (χ0n) is 17.4. The number of halogens is 1. The molecule has 0 bridgehead atoms. The second-order valence-corrected chi connectivity index (χ2v) is 9.35. The van der Waals surface area contributed by atoms with Gasteiger partial charge in [-0.3, -0.25) is 9.59 Å². The lowest BCUT2D eigenvalue weighted by Gasteiger charge is -2.19. The van der Waals surface area contributed by atoms with Crippen molar-refractivity contribution in [2.75, 3.05) is 35.8 Å². The van der Waals surface area contributed by atoms with Gasteiger partial charge in [0.15, 0.2) is 0 Å². The second-order valence-electron chi connectivity index (χ2n) is 7.24. The van der Waals surface area contributed by atoms with Gasteiger partial charge in [0.05, 0.1) is 5.75 Å². The maximum Gasteiger partial charge on any atom is 0.317 e. The molecule has 0 heterocycles. The normalized spacial score (nSPS) is 10.7. The Hall–Kier alpha value is 0.0400. The predicted octanol–water partition coefficient (Wildman–Crippen LogP) is 3.47. The summed E-state index contributed by atoms with van der Waals surface area (Å²) in [6.45, 7) is 11.5. The smallest absolute Gasteiger partial charge is 0.317 e. The van der Waals surface area contributed by atoms with E-state index in [1.807, 2.05) is 41.5 Å². The van der Waals surface area contributed by atoms with Crippen molar-refractivity contribution in [1.29, 1.82) is 0 Å². The number of ether oxygens (including phenoxy) is 2. The van der Waals surface area contributed by atoms with Gasteiger partial charge in [0.1, 0.15) is 16.5 Å². The molecule has 2 N–H and O–H groups in total. The van der Waals surface area contributed by atoms with Crippen molar-refractivity contribution in [2.24, 2.45) is 0 Å². The number of hydrogen-bond donors (Lipinski definition) is 3. The Morgan fingerprint density at radius 1 is 0.926 bits per heavy atom. The monoisotopic (exact) mass is 492 g/mol. The molecule has 0 aliphatic carbocycles. The molecule has 0 amide bonds. The first-order valence-corrected chi connectivity index (χ1v) is 11.6. The first kappa shape index (κ1) is 31.7. The molecule has 0 saturated carbocycles. The van der Waals surface area contributed by atoms with Gasteiger partial charge in [-0.1, -0.05) is 15.9 Å². The van der Waals surface area contributed by atoms with Gasteiger partial charge in [0.25, 0.3) is 0 Å². The number of hydrogen-bond acceptors (Lipinski definition) is 8. The highest BCUT2D eigenvalue weighted by Gasteiger charge is 2.15. The SMILES string of the molecule is CC(C)(C)OC(=O)CBr.CC(C)(C)OC(=O)CSCCCO.OCCCS. The van der Waals surface area contributed by atoms with Crippen LogP contribution in [0, 0.1) is 0 Å². The number of thiol groups is 1. The second kappa shape index (κ2) is 19.4. The Balaban J connectivity index is -0.000000356. The maximum atomic E-state index is 11.1. The fraction of sp³-hybridized carbons (Fsp3) is 0.889. The van der Waals surface area contributed by atoms with E-state index in [9.17, 15) is 9.59 Å². The van der Waals surface area contributed by atoms with Gasteiger partial charge in [-0.05, 0) is 65.9 Å². The number of rotatable bonds is 8. The molecule has 0 unspecified atom stereocenters. The van der Waals surface area contributed by atoms with E-state index < -0.39 is 5.60 Å². The van der Waals surface area contributed by atoms with Crippen LogP contribution in [0.5, 0.6) is 0 Å². The summed E-state index contributed by atoms with van der Waals surface area (Å²) in [7, 11) is 0. The third-order valence-corrected chi connectivity index (χ3v) is 3.72. The first-order chi connectivity index (χ1) is 12.3. The number of esters is 2. The molecule has 164 valence electrons. The van der Waals surface area contributed by atoms with Crippen molar-refractivity contribution in [3.8, 4) is 0 Å². The number of carbonyl (C=O) groups excluding carboxylic acids is 2. The highest BCUT2D eigenvalue weighted by atomic mass is 79.9. The van der Waals surface area contributed by atoms with Crippen LogP contribution in [0.1, 0.15) is 54.4 Å². The molecule has 9 heteroatoms. The van der Waals surface area contributed by atoms with Crippen molar-refractivity contribution in [3.05, 3.63) is 0 Å². The standard InChI is InChI=1S/C9H18O3S.C6H11BrO2.C3H8OS/c1-9(2,3)12-8(11)7-13-6-4-5-10;1-6(2,3)9-5(8)4-7;4-2-1-3-5/h10H,4-7H2,1-3H3;4H2,1-3H3;4-5H,1-3H2. The summed E-state index contributed by atoms with van der Waals surface area (Å²) < 4.78 is 10.00.